The van der Waals surface area contributed by atoms with Crippen molar-refractivity contribution in [2.45, 2.75) is 12.6 Å². The van der Waals surface area contributed by atoms with Crippen molar-refractivity contribution in [3.05, 3.63) is 89.2 Å². The van der Waals surface area contributed by atoms with Gasteiger partial charge in [-0.05, 0) is 66.6 Å². The molecule has 0 spiro atoms. The van der Waals surface area contributed by atoms with Crippen molar-refractivity contribution in [3.63, 3.8) is 0 Å². The third-order valence-electron chi connectivity index (χ3n) is 4.89. The van der Waals surface area contributed by atoms with E-state index in [4.69, 9.17) is 9.47 Å². The van der Waals surface area contributed by atoms with Crippen LogP contribution in [-0.2, 0) is 17.4 Å². The van der Waals surface area contributed by atoms with Crippen molar-refractivity contribution in [2.24, 2.45) is 0 Å². The van der Waals surface area contributed by atoms with Gasteiger partial charge < -0.3 is 20.1 Å². The molecule has 0 radical (unpaired) electrons. The van der Waals surface area contributed by atoms with Gasteiger partial charge in [0.05, 0.1) is 12.7 Å². The number of carbonyl (C=O) groups excluding carboxylic acids is 2. The Labute approximate surface area is 198 Å². The number of ether oxygens (including phenoxy) is 2. The fourth-order valence-electron chi connectivity index (χ4n) is 3.08. The molecule has 0 bridgehead atoms. The lowest BCUT2D eigenvalue weighted by atomic mass is 10.1. The van der Waals surface area contributed by atoms with Crippen molar-refractivity contribution < 1.29 is 36.6 Å². The van der Waals surface area contributed by atoms with Gasteiger partial charge in [-0.1, -0.05) is 12.1 Å². The maximum Gasteiger partial charge on any atom is 0.416 e. The maximum absolute atomic E-state index is 12.9. The summed E-state index contributed by atoms with van der Waals surface area (Å²) < 4.78 is 61.6. The number of hydrogen-bond acceptors (Lipinski definition) is 4. The molecule has 35 heavy (non-hydrogen) atoms. The van der Waals surface area contributed by atoms with Crippen molar-refractivity contribution in [3.8, 4) is 11.5 Å². The predicted molar refractivity (Wildman–Crippen MR) is 121 cm³/mol. The van der Waals surface area contributed by atoms with Crippen molar-refractivity contribution in [1.29, 1.82) is 0 Å². The number of anilines is 1. The maximum atomic E-state index is 12.9. The van der Waals surface area contributed by atoms with Crippen LogP contribution in [0.1, 0.15) is 21.5 Å². The molecule has 0 saturated carbocycles. The van der Waals surface area contributed by atoms with Crippen LogP contribution < -0.4 is 20.1 Å². The van der Waals surface area contributed by atoms with E-state index >= 15 is 0 Å². The van der Waals surface area contributed by atoms with Crippen LogP contribution in [0.4, 0.5) is 23.2 Å². The topological polar surface area (TPSA) is 76.7 Å². The molecule has 6 nitrogen and oxygen atoms in total. The minimum Gasteiger partial charge on any atom is -0.493 e. The Morgan fingerprint density at radius 2 is 1.60 bits per heavy atom. The molecule has 0 heterocycles. The lowest BCUT2D eigenvalue weighted by Crippen LogP contribution is -2.25. The quantitative estimate of drug-likeness (QED) is 0.421. The van der Waals surface area contributed by atoms with E-state index in [0.717, 1.165) is 12.1 Å². The van der Waals surface area contributed by atoms with Gasteiger partial charge in [0.25, 0.3) is 11.8 Å². The summed E-state index contributed by atoms with van der Waals surface area (Å²) in [5, 5.41) is 5.26. The molecule has 0 fully saturated rings. The molecule has 184 valence electrons. The van der Waals surface area contributed by atoms with Crippen LogP contribution in [-0.4, -0.2) is 32.1 Å². The first-order valence-electron chi connectivity index (χ1n) is 10.5. The van der Waals surface area contributed by atoms with Gasteiger partial charge in [-0.25, -0.2) is 4.39 Å². The van der Waals surface area contributed by atoms with Crippen LogP contribution >= 0.6 is 0 Å². The summed E-state index contributed by atoms with van der Waals surface area (Å²) in [6, 6.07) is 14.4. The second-order valence-electron chi connectivity index (χ2n) is 7.41. The fraction of sp³-hybridized carbons (Fsp3) is 0.200. The summed E-state index contributed by atoms with van der Waals surface area (Å²) >= 11 is 0. The average Bonchev–Trinajstić information content (AvgIpc) is 2.83. The zero-order valence-electron chi connectivity index (χ0n) is 18.6. The number of methoxy groups -OCH3 is 1. The summed E-state index contributed by atoms with van der Waals surface area (Å²) in [6.07, 6.45) is -4.04. The molecular formula is C25H22F4N2O4. The fourth-order valence-corrected chi connectivity index (χ4v) is 3.08. The van der Waals surface area contributed by atoms with Gasteiger partial charge in [-0.3, -0.25) is 9.59 Å². The largest absolute Gasteiger partial charge is 0.493 e. The third-order valence-corrected chi connectivity index (χ3v) is 4.89. The highest BCUT2D eigenvalue weighted by Crippen LogP contribution is 2.29. The van der Waals surface area contributed by atoms with Gasteiger partial charge in [-0.15, -0.1) is 0 Å². The smallest absolute Gasteiger partial charge is 0.416 e. The van der Waals surface area contributed by atoms with E-state index in [-0.39, 0.29) is 30.2 Å². The molecule has 0 atom stereocenters. The molecule has 3 rings (SSSR count). The van der Waals surface area contributed by atoms with Crippen LogP contribution in [0.5, 0.6) is 11.5 Å². The normalized spacial score (nSPS) is 11.0. The summed E-state index contributed by atoms with van der Waals surface area (Å²) in [4.78, 5) is 24.5. The van der Waals surface area contributed by atoms with Crippen LogP contribution in [0, 0.1) is 5.82 Å². The summed E-state index contributed by atoms with van der Waals surface area (Å²) in [7, 11) is 1.38. The van der Waals surface area contributed by atoms with Gasteiger partial charge in [0.2, 0.25) is 0 Å². The van der Waals surface area contributed by atoms with Gasteiger partial charge in [-0.2, -0.15) is 13.2 Å². The molecular weight excluding hydrogens is 468 g/mol. The number of hydrogen-bond donors (Lipinski definition) is 2. The second kappa shape index (κ2) is 11.4. The average molecular weight is 490 g/mol. The number of nitrogens with one attached hydrogen (secondary N) is 2. The van der Waals surface area contributed by atoms with Gasteiger partial charge >= 0.3 is 6.18 Å². The Morgan fingerprint density at radius 1 is 0.914 bits per heavy atom. The highest BCUT2D eigenvalue weighted by Gasteiger charge is 2.29. The Hall–Kier alpha value is -4.08. The summed E-state index contributed by atoms with van der Waals surface area (Å²) in [5.41, 5.74) is 0.610. The molecule has 0 aliphatic rings. The number of carbonyl (C=O) groups is 2. The van der Waals surface area contributed by atoms with Crippen LogP contribution in [0.25, 0.3) is 0 Å². The van der Waals surface area contributed by atoms with E-state index < -0.39 is 29.4 Å². The minimum atomic E-state index is -4.39. The SMILES string of the molecule is COc1cc(C(=O)NCCc2ccc(C(F)(F)F)cc2)ccc1OCC(=O)Nc1ccc(F)cc1. The van der Waals surface area contributed by atoms with Crippen molar-refractivity contribution in [2.75, 3.05) is 25.6 Å². The highest BCUT2D eigenvalue weighted by atomic mass is 19.4. The highest BCUT2D eigenvalue weighted by molar-refractivity contribution is 5.95. The molecule has 0 aliphatic carbocycles. The Balaban J connectivity index is 1.51. The standard InChI is InChI=1S/C25H22F4N2O4/c1-34-22-14-17(24(33)30-13-12-16-2-5-18(6-3-16)25(27,28)29)4-11-21(22)35-15-23(32)31-20-9-7-19(26)8-10-20/h2-11,14H,12-13,15H2,1H3,(H,30,33)(H,31,32). The Kier molecular flexibility index (Phi) is 8.30. The predicted octanol–water partition coefficient (Wildman–Crippen LogP) is 4.84. The molecule has 2 amide bonds. The van der Waals surface area contributed by atoms with Gasteiger partial charge in [0, 0.05) is 17.8 Å². The first-order chi connectivity index (χ1) is 16.7. The summed E-state index contributed by atoms with van der Waals surface area (Å²) in [6.45, 7) is -0.124. The van der Waals surface area contributed by atoms with E-state index in [1.54, 1.807) is 0 Å². The van der Waals surface area contributed by atoms with Crippen LogP contribution in [0.3, 0.4) is 0 Å². The lowest BCUT2D eigenvalue weighted by molar-refractivity contribution is -0.137. The van der Waals surface area contributed by atoms with E-state index in [1.165, 1.54) is 61.7 Å². The first-order valence-corrected chi connectivity index (χ1v) is 10.5. The molecule has 2 N–H and O–H groups in total. The van der Waals surface area contributed by atoms with Gasteiger partial charge in [0.15, 0.2) is 18.1 Å². The zero-order valence-corrected chi connectivity index (χ0v) is 18.6. The molecule has 10 heteroatoms. The van der Waals surface area contributed by atoms with Crippen LogP contribution in [0.2, 0.25) is 0 Å². The van der Waals surface area contributed by atoms with Crippen molar-refractivity contribution in [1.82, 2.24) is 5.32 Å². The Morgan fingerprint density at radius 3 is 2.23 bits per heavy atom. The molecule has 0 aliphatic heterocycles. The lowest BCUT2D eigenvalue weighted by Gasteiger charge is -2.13. The second-order valence-corrected chi connectivity index (χ2v) is 7.41. The first kappa shape index (κ1) is 25.5. The third kappa shape index (κ3) is 7.46. The van der Waals surface area contributed by atoms with E-state index in [2.05, 4.69) is 10.6 Å². The van der Waals surface area contributed by atoms with Crippen molar-refractivity contribution >= 4 is 17.5 Å². The Bertz CT molecular complexity index is 1160. The number of amides is 2. The molecule has 0 aromatic heterocycles. The molecule has 0 unspecified atom stereocenters. The number of benzene rings is 3. The van der Waals surface area contributed by atoms with E-state index in [0.29, 0.717) is 17.7 Å². The molecule has 3 aromatic carbocycles. The zero-order chi connectivity index (χ0) is 25.4. The molecule has 3 aromatic rings. The monoisotopic (exact) mass is 490 g/mol. The van der Waals surface area contributed by atoms with Crippen LogP contribution in [0.15, 0.2) is 66.7 Å². The number of halogens is 4. The van der Waals surface area contributed by atoms with E-state index in [1.807, 2.05) is 0 Å². The number of alkyl halides is 3. The van der Waals surface area contributed by atoms with E-state index in [9.17, 15) is 27.2 Å². The number of rotatable bonds is 9. The molecule has 0 saturated heterocycles. The summed E-state index contributed by atoms with van der Waals surface area (Å²) in [5.74, 6) is -0.828. The minimum absolute atomic E-state index is 0.217. The van der Waals surface area contributed by atoms with Gasteiger partial charge in [0.1, 0.15) is 5.82 Å².